The highest BCUT2D eigenvalue weighted by Crippen LogP contribution is 2.11. The van der Waals surface area contributed by atoms with Gasteiger partial charge in [0, 0.05) is 26.3 Å². The Labute approximate surface area is 117 Å². The molecule has 106 valence electrons. The summed E-state index contributed by atoms with van der Waals surface area (Å²) in [6, 6.07) is 7.56. The predicted octanol–water partition coefficient (Wildman–Crippen LogP) is 1.64. The summed E-state index contributed by atoms with van der Waals surface area (Å²) in [5, 5.41) is 10.4. The average molecular weight is 275 g/mol. The number of hydrogen-bond donors (Lipinski definition) is 1. The highest BCUT2D eigenvalue weighted by Gasteiger charge is 2.06. The molecule has 2 aromatic rings. The molecule has 1 aromatic carbocycles. The Kier molecular flexibility index (Phi) is 4.70. The number of aromatic nitrogens is 2. The van der Waals surface area contributed by atoms with Crippen molar-refractivity contribution in [3.05, 3.63) is 41.6 Å². The van der Waals surface area contributed by atoms with Gasteiger partial charge in [-0.2, -0.15) is 0 Å². The lowest BCUT2D eigenvalue weighted by Crippen LogP contribution is -2.23. The second-order valence-corrected chi connectivity index (χ2v) is 4.34. The van der Waals surface area contributed by atoms with Gasteiger partial charge in [-0.1, -0.05) is 12.1 Å². The smallest absolute Gasteiger partial charge is 0.220 e. The van der Waals surface area contributed by atoms with Crippen LogP contribution in [0, 0.1) is 6.92 Å². The van der Waals surface area contributed by atoms with Crippen molar-refractivity contribution in [3.63, 3.8) is 0 Å². The first-order valence-corrected chi connectivity index (χ1v) is 6.36. The van der Waals surface area contributed by atoms with E-state index in [0.29, 0.717) is 31.2 Å². The molecule has 1 N–H and O–H groups in total. The molecule has 0 saturated carbocycles. The minimum atomic E-state index is -0.0447. The van der Waals surface area contributed by atoms with Gasteiger partial charge in [0.1, 0.15) is 5.75 Å². The first-order valence-electron chi connectivity index (χ1n) is 6.36. The molecule has 0 aliphatic carbocycles. The molecule has 0 unspecified atom stereocenters. The number of aryl methyl sites for hydroxylation is 2. The zero-order valence-electron chi connectivity index (χ0n) is 11.5. The number of amides is 1. The molecule has 2 rings (SSSR count). The number of nitrogens with zero attached hydrogens (tertiary/aromatic N) is 2. The number of rotatable bonds is 6. The number of hydrogen-bond acceptors (Lipinski definition) is 5. The summed E-state index contributed by atoms with van der Waals surface area (Å²) in [6.45, 7) is 2.21. The fraction of sp³-hybridized carbons (Fsp3) is 0.357. The zero-order chi connectivity index (χ0) is 14.4. The lowest BCUT2D eigenvalue weighted by atomic mass is 10.2. The van der Waals surface area contributed by atoms with Crippen LogP contribution in [0.4, 0.5) is 0 Å². The average Bonchev–Trinajstić information content (AvgIpc) is 2.89. The molecule has 0 aliphatic heterocycles. The van der Waals surface area contributed by atoms with Gasteiger partial charge in [0.25, 0.3) is 0 Å². The first-order chi connectivity index (χ1) is 9.67. The molecule has 0 spiro atoms. The molecule has 0 aliphatic rings. The van der Waals surface area contributed by atoms with E-state index in [9.17, 15) is 4.79 Å². The molecule has 0 fully saturated rings. The van der Waals surface area contributed by atoms with Crippen LogP contribution >= 0.6 is 0 Å². The summed E-state index contributed by atoms with van der Waals surface area (Å²) in [5.41, 5.74) is 1.02. The van der Waals surface area contributed by atoms with Crippen molar-refractivity contribution in [2.45, 2.75) is 26.3 Å². The zero-order valence-corrected chi connectivity index (χ0v) is 11.5. The van der Waals surface area contributed by atoms with Gasteiger partial charge in [0.05, 0.1) is 7.11 Å². The quantitative estimate of drug-likeness (QED) is 0.867. The Morgan fingerprint density at radius 2 is 2.05 bits per heavy atom. The van der Waals surface area contributed by atoms with Gasteiger partial charge >= 0.3 is 0 Å². The number of methoxy groups -OCH3 is 1. The van der Waals surface area contributed by atoms with E-state index in [4.69, 9.17) is 9.15 Å². The third-order valence-corrected chi connectivity index (χ3v) is 2.78. The minimum absolute atomic E-state index is 0.0447. The van der Waals surface area contributed by atoms with Crippen LogP contribution in [0.1, 0.15) is 23.8 Å². The number of ether oxygens (including phenoxy) is 1. The van der Waals surface area contributed by atoms with E-state index in [2.05, 4.69) is 15.5 Å². The molecule has 0 bridgehead atoms. The van der Waals surface area contributed by atoms with Crippen LogP contribution in [0.25, 0.3) is 0 Å². The minimum Gasteiger partial charge on any atom is -0.497 e. The SMILES string of the molecule is COc1ccc(CNC(=O)CCc2nnc(C)o2)cc1. The first kappa shape index (κ1) is 14.0. The molecular weight excluding hydrogens is 258 g/mol. The Morgan fingerprint density at radius 1 is 1.30 bits per heavy atom. The van der Waals surface area contributed by atoms with Crippen LogP contribution in [0.5, 0.6) is 5.75 Å². The number of nitrogens with one attached hydrogen (secondary N) is 1. The van der Waals surface area contributed by atoms with Gasteiger partial charge in [0.2, 0.25) is 17.7 Å². The molecule has 1 amide bonds. The van der Waals surface area contributed by atoms with Crippen LogP contribution in [0.15, 0.2) is 28.7 Å². The second-order valence-electron chi connectivity index (χ2n) is 4.34. The van der Waals surface area contributed by atoms with E-state index in [1.807, 2.05) is 24.3 Å². The van der Waals surface area contributed by atoms with Crippen molar-refractivity contribution in [2.75, 3.05) is 7.11 Å². The van der Waals surface area contributed by atoms with Gasteiger partial charge < -0.3 is 14.5 Å². The fourth-order valence-corrected chi connectivity index (χ4v) is 1.69. The molecule has 0 radical (unpaired) electrons. The second kappa shape index (κ2) is 6.70. The van der Waals surface area contributed by atoms with Gasteiger partial charge in [-0.25, -0.2) is 0 Å². The molecule has 6 nitrogen and oxygen atoms in total. The van der Waals surface area contributed by atoms with E-state index in [-0.39, 0.29) is 5.91 Å². The molecule has 1 heterocycles. The molecular formula is C14H17N3O3. The Hall–Kier alpha value is -2.37. The molecule has 6 heteroatoms. The molecule has 1 aromatic heterocycles. The Bertz CT molecular complexity index is 563. The van der Waals surface area contributed by atoms with Crippen molar-refractivity contribution in [3.8, 4) is 5.75 Å². The molecule has 0 atom stereocenters. The summed E-state index contributed by atoms with van der Waals surface area (Å²) in [4.78, 5) is 11.7. The lowest BCUT2D eigenvalue weighted by Gasteiger charge is -2.05. The Morgan fingerprint density at radius 3 is 2.65 bits per heavy atom. The summed E-state index contributed by atoms with van der Waals surface area (Å²) < 4.78 is 10.3. The van der Waals surface area contributed by atoms with E-state index in [1.54, 1.807) is 14.0 Å². The van der Waals surface area contributed by atoms with Crippen LogP contribution < -0.4 is 10.1 Å². The number of carbonyl (C=O) groups is 1. The van der Waals surface area contributed by atoms with E-state index in [0.717, 1.165) is 11.3 Å². The maximum absolute atomic E-state index is 11.7. The molecule has 0 saturated heterocycles. The topological polar surface area (TPSA) is 77.2 Å². The monoisotopic (exact) mass is 275 g/mol. The standard InChI is InChI=1S/C14H17N3O3/c1-10-16-17-14(20-10)8-7-13(18)15-9-11-3-5-12(19-2)6-4-11/h3-6H,7-9H2,1-2H3,(H,15,18). The summed E-state index contributed by atoms with van der Waals surface area (Å²) in [7, 11) is 1.62. The van der Waals surface area contributed by atoms with Crippen LogP contribution in [-0.2, 0) is 17.8 Å². The third-order valence-electron chi connectivity index (χ3n) is 2.78. The van der Waals surface area contributed by atoms with Gasteiger partial charge in [0.15, 0.2) is 0 Å². The third kappa shape index (κ3) is 4.08. The number of carbonyl (C=O) groups excluding carboxylic acids is 1. The van der Waals surface area contributed by atoms with Crippen molar-refractivity contribution >= 4 is 5.91 Å². The van der Waals surface area contributed by atoms with Crippen molar-refractivity contribution in [1.82, 2.24) is 15.5 Å². The highest BCUT2D eigenvalue weighted by molar-refractivity contribution is 5.76. The van der Waals surface area contributed by atoms with Crippen molar-refractivity contribution in [2.24, 2.45) is 0 Å². The maximum atomic E-state index is 11.7. The van der Waals surface area contributed by atoms with Crippen molar-refractivity contribution < 1.29 is 13.9 Å². The molecule has 20 heavy (non-hydrogen) atoms. The van der Waals surface area contributed by atoms with Gasteiger partial charge in [-0.05, 0) is 17.7 Å². The van der Waals surface area contributed by atoms with E-state index < -0.39 is 0 Å². The van der Waals surface area contributed by atoms with Crippen LogP contribution in [-0.4, -0.2) is 23.2 Å². The lowest BCUT2D eigenvalue weighted by molar-refractivity contribution is -0.121. The maximum Gasteiger partial charge on any atom is 0.220 e. The van der Waals surface area contributed by atoms with Gasteiger partial charge in [-0.3, -0.25) is 4.79 Å². The largest absolute Gasteiger partial charge is 0.497 e. The number of benzene rings is 1. The van der Waals surface area contributed by atoms with Crippen LogP contribution in [0.3, 0.4) is 0 Å². The normalized spacial score (nSPS) is 10.3. The Balaban J connectivity index is 1.74. The summed E-state index contributed by atoms with van der Waals surface area (Å²) in [5.74, 6) is 1.75. The summed E-state index contributed by atoms with van der Waals surface area (Å²) >= 11 is 0. The van der Waals surface area contributed by atoms with Crippen LogP contribution in [0.2, 0.25) is 0 Å². The van der Waals surface area contributed by atoms with Gasteiger partial charge in [-0.15, -0.1) is 10.2 Å². The summed E-state index contributed by atoms with van der Waals surface area (Å²) in [6.07, 6.45) is 0.785. The van der Waals surface area contributed by atoms with Crippen molar-refractivity contribution in [1.29, 1.82) is 0 Å². The van der Waals surface area contributed by atoms with E-state index in [1.165, 1.54) is 0 Å². The highest BCUT2D eigenvalue weighted by atomic mass is 16.5. The fourth-order valence-electron chi connectivity index (χ4n) is 1.69. The van der Waals surface area contributed by atoms with E-state index >= 15 is 0 Å². The predicted molar refractivity (Wildman–Crippen MR) is 72.2 cm³/mol.